The molecular formula is C11H8N2O4S2. The summed E-state index contributed by atoms with van der Waals surface area (Å²) in [6.07, 6.45) is -2.00. The minimum atomic E-state index is -1.33. The molecule has 6 nitrogen and oxygen atoms in total. The summed E-state index contributed by atoms with van der Waals surface area (Å²) in [6, 6.07) is 4.95. The summed E-state index contributed by atoms with van der Waals surface area (Å²) in [6.45, 7) is 0. The standard InChI is InChI=1S/C11H8N2O4S2/c14-5-1-2-6-7(3-5)19-10(12-6)9-13-8(4-18-9)17-11(15)16/h1-3,8,14H,4H2,(H,15,16)/t8-/m0/s1. The molecule has 0 saturated carbocycles. The quantitative estimate of drug-likeness (QED) is 0.827. The van der Waals surface area contributed by atoms with Gasteiger partial charge in [0.1, 0.15) is 15.8 Å². The Hall–Kier alpha value is -1.80. The number of hydrogen-bond donors (Lipinski definition) is 2. The number of rotatable bonds is 2. The average Bonchev–Trinajstić information content (AvgIpc) is 2.93. The summed E-state index contributed by atoms with van der Waals surface area (Å²) in [5, 5.41) is 19.3. The number of aliphatic imine (C=N–C) groups is 1. The fourth-order valence-corrected chi connectivity index (χ4v) is 3.65. The number of thiazole rings is 1. The number of aromatic nitrogens is 1. The predicted octanol–water partition coefficient (Wildman–Crippen LogP) is 2.52. The molecule has 19 heavy (non-hydrogen) atoms. The van der Waals surface area contributed by atoms with Crippen molar-refractivity contribution in [1.82, 2.24) is 4.98 Å². The molecule has 98 valence electrons. The minimum Gasteiger partial charge on any atom is -0.508 e. The van der Waals surface area contributed by atoms with Crippen LogP contribution in [0.25, 0.3) is 10.2 Å². The molecule has 8 heteroatoms. The first kappa shape index (κ1) is 12.2. The Morgan fingerprint density at radius 1 is 1.47 bits per heavy atom. The maximum atomic E-state index is 10.4. The van der Waals surface area contributed by atoms with Crippen molar-refractivity contribution in [3.8, 4) is 5.75 Å². The van der Waals surface area contributed by atoms with E-state index in [0.29, 0.717) is 15.8 Å². The average molecular weight is 296 g/mol. The van der Waals surface area contributed by atoms with E-state index < -0.39 is 12.4 Å². The number of fused-ring (bicyclic) bond motifs is 1. The van der Waals surface area contributed by atoms with Gasteiger partial charge in [-0.05, 0) is 18.2 Å². The Morgan fingerprint density at radius 3 is 3.11 bits per heavy atom. The number of thioether (sulfide) groups is 1. The highest BCUT2D eigenvalue weighted by molar-refractivity contribution is 8.15. The minimum absolute atomic E-state index is 0.191. The lowest BCUT2D eigenvalue weighted by Gasteiger charge is -2.02. The monoisotopic (exact) mass is 296 g/mol. The SMILES string of the molecule is O=C(O)O[C@H]1CSC(c2nc3ccc(O)cc3s2)=N1. The van der Waals surface area contributed by atoms with Crippen molar-refractivity contribution in [1.29, 1.82) is 0 Å². The van der Waals surface area contributed by atoms with Gasteiger partial charge in [-0.3, -0.25) is 0 Å². The molecule has 0 radical (unpaired) electrons. The second-order valence-corrected chi connectivity index (χ2v) is 5.79. The van der Waals surface area contributed by atoms with Crippen LogP contribution in [-0.4, -0.2) is 38.4 Å². The number of benzene rings is 1. The Bertz CT molecular complexity index is 682. The van der Waals surface area contributed by atoms with Crippen LogP contribution >= 0.6 is 23.1 Å². The molecule has 0 aliphatic carbocycles. The third-order valence-electron chi connectivity index (χ3n) is 2.42. The Kier molecular flexibility index (Phi) is 3.03. The summed E-state index contributed by atoms with van der Waals surface area (Å²) in [7, 11) is 0. The van der Waals surface area contributed by atoms with E-state index >= 15 is 0 Å². The molecule has 1 aliphatic heterocycles. The zero-order valence-electron chi connectivity index (χ0n) is 9.44. The Labute approximate surface area is 115 Å². The fourth-order valence-electron chi connectivity index (χ4n) is 1.65. The molecule has 0 bridgehead atoms. The van der Waals surface area contributed by atoms with E-state index in [4.69, 9.17) is 5.11 Å². The molecule has 1 aromatic carbocycles. The fraction of sp³-hybridized carbons (Fsp3) is 0.182. The van der Waals surface area contributed by atoms with Gasteiger partial charge in [-0.1, -0.05) is 11.8 Å². The lowest BCUT2D eigenvalue weighted by atomic mass is 10.3. The van der Waals surface area contributed by atoms with Gasteiger partial charge in [0.2, 0.25) is 6.23 Å². The number of phenols is 1. The summed E-state index contributed by atoms with van der Waals surface area (Å²) >= 11 is 2.82. The van der Waals surface area contributed by atoms with Gasteiger partial charge in [0.05, 0.1) is 16.0 Å². The maximum absolute atomic E-state index is 10.4. The first-order valence-corrected chi connectivity index (χ1v) is 7.12. The maximum Gasteiger partial charge on any atom is 0.507 e. The van der Waals surface area contributed by atoms with Crippen molar-refractivity contribution < 1.29 is 19.7 Å². The van der Waals surface area contributed by atoms with Crippen molar-refractivity contribution in [3.63, 3.8) is 0 Å². The molecule has 1 aliphatic rings. The highest BCUT2D eigenvalue weighted by atomic mass is 32.2. The van der Waals surface area contributed by atoms with Crippen molar-refractivity contribution in [2.45, 2.75) is 6.23 Å². The molecule has 2 N–H and O–H groups in total. The highest BCUT2D eigenvalue weighted by Gasteiger charge is 2.24. The third kappa shape index (κ3) is 2.49. The third-order valence-corrected chi connectivity index (χ3v) is 4.59. The van der Waals surface area contributed by atoms with Gasteiger partial charge in [0.25, 0.3) is 0 Å². The summed E-state index contributed by atoms with van der Waals surface area (Å²) < 4.78 is 5.46. The van der Waals surface area contributed by atoms with E-state index in [1.54, 1.807) is 18.2 Å². The normalized spacial score (nSPS) is 18.5. The molecule has 0 saturated heterocycles. The van der Waals surface area contributed by atoms with Crippen molar-refractivity contribution >= 4 is 44.5 Å². The van der Waals surface area contributed by atoms with Crippen LogP contribution in [0.15, 0.2) is 23.2 Å². The van der Waals surface area contributed by atoms with Crippen LogP contribution in [0, 0.1) is 0 Å². The number of hydrogen-bond acceptors (Lipinski definition) is 7. The van der Waals surface area contributed by atoms with E-state index in [2.05, 4.69) is 14.7 Å². The van der Waals surface area contributed by atoms with E-state index in [-0.39, 0.29) is 5.75 Å². The van der Waals surface area contributed by atoms with Crippen LogP contribution in [0.3, 0.4) is 0 Å². The predicted molar refractivity (Wildman–Crippen MR) is 73.2 cm³/mol. The second kappa shape index (κ2) is 4.71. The lowest BCUT2D eigenvalue weighted by Crippen LogP contribution is -2.13. The van der Waals surface area contributed by atoms with Crippen LogP contribution in [0.5, 0.6) is 5.75 Å². The number of nitrogens with zero attached hydrogens (tertiary/aromatic N) is 2. The summed E-state index contributed by atoms with van der Waals surface area (Å²) in [5.41, 5.74) is 0.781. The molecule has 2 aromatic rings. The summed E-state index contributed by atoms with van der Waals surface area (Å²) in [4.78, 5) is 19.0. The van der Waals surface area contributed by atoms with Gasteiger partial charge in [-0.2, -0.15) is 0 Å². The molecule has 0 amide bonds. The molecule has 0 unspecified atom stereocenters. The lowest BCUT2D eigenvalue weighted by molar-refractivity contribution is 0.0651. The van der Waals surface area contributed by atoms with E-state index in [1.807, 2.05) is 0 Å². The van der Waals surface area contributed by atoms with E-state index in [0.717, 1.165) is 10.2 Å². The molecule has 0 spiro atoms. The highest BCUT2D eigenvalue weighted by Crippen LogP contribution is 2.31. The Morgan fingerprint density at radius 2 is 2.32 bits per heavy atom. The largest absolute Gasteiger partial charge is 0.508 e. The van der Waals surface area contributed by atoms with Crippen LogP contribution in [0.4, 0.5) is 4.79 Å². The summed E-state index contributed by atoms with van der Waals surface area (Å²) in [5.74, 6) is 0.652. The Balaban J connectivity index is 1.90. The van der Waals surface area contributed by atoms with Crippen LogP contribution in [-0.2, 0) is 4.74 Å². The zero-order chi connectivity index (χ0) is 13.4. The molecule has 0 fully saturated rings. The van der Waals surface area contributed by atoms with Gasteiger partial charge in [-0.15, -0.1) is 11.3 Å². The molecule has 1 atom stereocenters. The number of carbonyl (C=O) groups is 1. The van der Waals surface area contributed by atoms with Crippen molar-refractivity contribution in [2.75, 3.05) is 5.75 Å². The van der Waals surface area contributed by atoms with E-state index in [9.17, 15) is 9.90 Å². The number of ether oxygens (including phenoxy) is 1. The van der Waals surface area contributed by atoms with Crippen LogP contribution < -0.4 is 0 Å². The zero-order valence-corrected chi connectivity index (χ0v) is 11.1. The number of aromatic hydroxyl groups is 1. The van der Waals surface area contributed by atoms with Crippen molar-refractivity contribution in [2.24, 2.45) is 4.99 Å². The van der Waals surface area contributed by atoms with Gasteiger partial charge in [0.15, 0.2) is 0 Å². The number of carboxylic acid groups (broad SMARTS) is 1. The van der Waals surface area contributed by atoms with Gasteiger partial charge < -0.3 is 14.9 Å². The van der Waals surface area contributed by atoms with Crippen molar-refractivity contribution in [3.05, 3.63) is 23.2 Å². The smallest absolute Gasteiger partial charge is 0.507 e. The molecular weight excluding hydrogens is 288 g/mol. The van der Waals surface area contributed by atoms with Crippen LogP contribution in [0.2, 0.25) is 0 Å². The molecule has 1 aromatic heterocycles. The topological polar surface area (TPSA) is 92.0 Å². The van der Waals surface area contributed by atoms with E-state index in [1.165, 1.54) is 23.1 Å². The molecule has 3 rings (SSSR count). The van der Waals surface area contributed by atoms with Gasteiger partial charge in [-0.25, -0.2) is 14.8 Å². The van der Waals surface area contributed by atoms with Crippen LogP contribution in [0.1, 0.15) is 5.01 Å². The van der Waals surface area contributed by atoms with Gasteiger partial charge >= 0.3 is 6.16 Å². The van der Waals surface area contributed by atoms with Gasteiger partial charge in [0, 0.05) is 0 Å². The first-order valence-electron chi connectivity index (χ1n) is 5.32. The molecule has 2 heterocycles. The number of phenolic OH excluding ortho intramolecular Hbond substituents is 1. The second-order valence-electron chi connectivity index (χ2n) is 3.75. The first-order chi connectivity index (χ1) is 9.11.